The lowest BCUT2D eigenvalue weighted by Gasteiger charge is -2.10. The van der Waals surface area contributed by atoms with Gasteiger partial charge in [-0.05, 0) is 50.2 Å². The van der Waals surface area contributed by atoms with Crippen molar-refractivity contribution in [1.29, 1.82) is 0 Å². The maximum absolute atomic E-state index is 11.9. The van der Waals surface area contributed by atoms with Gasteiger partial charge < -0.3 is 10.6 Å². The molecule has 0 aliphatic rings. The van der Waals surface area contributed by atoms with Gasteiger partial charge in [0.25, 0.3) is 0 Å². The monoisotopic (exact) mass is 396 g/mol. The van der Waals surface area contributed by atoms with Crippen LogP contribution in [0.4, 0.5) is 17.2 Å². The van der Waals surface area contributed by atoms with E-state index < -0.39 is 0 Å². The molecule has 0 radical (unpaired) electrons. The number of halogens is 1. The summed E-state index contributed by atoms with van der Waals surface area (Å²) in [6.07, 6.45) is 3.08. The number of carbonyl (C=O) groups excluding carboxylic acids is 1. The van der Waals surface area contributed by atoms with Crippen LogP contribution in [-0.4, -0.2) is 15.9 Å². The van der Waals surface area contributed by atoms with E-state index in [4.69, 9.17) is 0 Å². The molecular formula is C19H17BrN4O. The Kier molecular flexibility index (Phi) is 5.09. The van der Waals surface area contributed by atoms with Crippen molar-refractivity contribution in [1.82, 2.24) is 9.97 Å². The predicted molar refractivity (Wildman–Crippen MR) is 105 cm³/mol. The molecule has 0 spiro atoms. The number of hydrogen-bond donors (Lipinski definition) is 2. The van der Waals surface area contributed by atoms with E-state index >= 15 is 0 Å². The van der Waals surface area contributed by atoms with Crippen LogP contribution in [0.3, 0.4) is 0 Å². The van der Waals surface area contributed by atoms with Gasteiger partial charge in [-0.15, -0.1) is 0 Å². The van der Waals surface area contributed by atoms with Gasteiger partial charge in [-0.2, -0.15) is 0 Å². The SMILES string of the molecule is CC(C)=CC(=O)Nc1ccc2ncnc(Nc3cccc(Br)c3)c2c1. The zero-order chi connectivity index (χ0) is 17.8. The van der Waals surface area contributed by atoms with Crippen LogP contribution in [-0.2, 0) is 4.79 Å². The van der Waals surface area contributed by atoms with Gasteiger partial charge in [0, 0.05) is 27.3 Å². The highest BCUT2D eigenvalue weighted by molar-refractivity contribution is 9.10. The van der Waals surface area contributed by atoms with Gasteiger partial charge in [-0.1, -0.05) is 27.6 Å². The fourth-order valence-electron chi connectivity index (χ4n) is 2.38. The first-order chi connectivity index (χ1) is 12.0. The Morgan fingerprint density at radius 1 is 1.08 bits per heavy atom. The maximum Gasteiger partial charge on any atom is 0.248 e. The van der Waals surface area contributed by atoms with Crippen molar-refractivity contribution in [3.05, 3.63) is 64.9 Å². The fraction of sp³-hybridized carbons (Fsp3) is 0.105. The normalized spacial score (nSPS) is 10.4. The number of aromatic nitrogens is 2. The third-order valence-corrected chi connectivity index (χ3v) is 3.90. The van der Waals surface area contributed by atoms with Gasteiger partial charge >= 0.3 is 0 Å². The zero-order valence-electron chi connectivity index (χ0n) is 13.9. The van der Waals surface area contributed by atoms with Crippen molar-refractivity contribution in [3.63, 3.8) is 0 Å². The lowest BCUT2D eigenvalue weighted by molar-refractivity contribution is -0.111. The van der Waals surface area contributed by atoms with E-state index in [1.54, 1.807) is 6.08 Å². The second-order valence-electron chi connectivity index (χ2n) is 5.80. The Hall–Kier alpha value is -2.73. The van der Waals surface area contributed by atoms with E-state index in [1.165, 1.54) is 6.33 Å². The van der Waals surface area contributed by atoms with Crippen molar-refractivity contribution in [2.24, 2.45) is 0 Å². The van der Waals surface area contributed by atoms with Crippen molar-refractivity contribution < 1.29 is 4.79 Å². The first kappa shape index (κ1) is 17.1. The van der Waals surface area contributed by atoms with Crippen LogP contribution in [0.1, 0.15) is 13.8 Å². The van der Waals surface area contributed by atoms with Gasteiger partial charge in [-0.25, -0.2) is 9.97 Å². The Morgan fingerprint density at radius 2 is 1.92 bits per heavy atom. The molecule has 1 heterocycles. The quantitative estimate of drug-likeness (QED) is 0.606. The smallest absolute Gasteiger partial charge is 0.248 e. The average molecular weight is 397 g/mol. The molecule has 25 heavy (non-hydrogen) atoms. The Bertz CT molecular complexity index is 965. The zero-order valence-corrected chi connectivity index (χ0v) is 15.5. The highest BCUT2D eigenvalue weighted by atomic mass is 79.9. The molecule has 1 aromatic heterocycles. The number of allylic oxidation sites excluding steroid dienone is 1. The van der Waals surface area contributed by atoms with E-state index in [1.807, 2.05) is 56.3 Å². The molecule has 0 aliphatic heterocycles. The molecule has 0 saturated heterocycles. The second kappa shape index (κ2) is 7.44. The predicted octanol–water partition coefficient (Wildman–Crippen LogP) is 5.04. The molecule has 0 atom stereocenters. The summed E-state index contributed by atoms with van der Waals surface area (Å²) in [5, 5.41) is 6.99. The summed E-state index contributed by atoms with van der Waals surface area (Å²) in [4.78, 5) is 20.6. The molecule has 3 aromatic rings. The minimum Gasteiger partial charge on any atom is -0.340 e. The number of hydrogen-bond acceptors (Lipinski definition) is 4. The van der Waals surface area contributed by atoms with Crippen molar-refractivity contribution in [2.45, 2.75) is 13.8 Å². The van der Waals surface area contributed by atoms with Crippen LogP contribution >= 0.6 is 15.9 Å². The van der Waals surface area contributed by atoms with Crippen molar-refractivity contribution in [2.75, 3.05) is 10.6 Å². The molecule has 126 valence electrons. The summed E-state index contributed by atoms with van der Waals surface area (Å²) < 4.78 is 0.977. The highest BCUT2D eigenvalue weighted by Crippen LogP contribution is 2.26. The topological polar surface area (TPSA) is 66.9 Å². The molecule has 3 rings (SSSR count). The molecule has 5 nitrogen and oxygen atoms in total. The minimum absolute atomic E-state index is 0.155. The van der Waals surface area contributed by atoms with Crippen molar-refractivity contribution in [3.8, 4) is 0 Å². The fourth-order valence-corrected chi connectivity index (χ4v) is 2.78. The number of benzene rings is 2. The average Bonchev–Trinajstić information content (AvgIpc) is 2.54. The lowest BCUT2D eigenvalue weighted by Crippen LogP contribution is -2.08. The van der Waals surface area contributed by atoms with E-state index in [-0.39, 0.29) is 5.91 Å². The Labute approximate surface area is 154 Å². The van der Waals surface area contributed by atoms with Crippen LogP contribution in [0.2, 0.25) is 0 Å². The number of anilines is 3. The lowest BCUT2D eigenvalue weighted by atomic mass is 10.2. The van der Waals surface area contributed by atoms with Gasteiger partial charge in [0.1, 0.15) is 12.1 Å². The van der Waals surface area contributed by atoms with Crippen LogP contribution < -0.4 is 10.6 Å². The summed E-state index contributed by atoms with van der Waals surface area (Å²) in [7, 11) is 0. The van der Waals surface area contributed by atoms with Crippen molar-refractivity contribution >= 4 is 49.9 Å². The molecule has 0 aliphatic carbocycles. The standard InChI is InChI=1S/C19H17BrN4O/c1-12(2)8-18(25)23-15-6-7-17-16(10-15)19(22-11-21-17)24-14-5-3-4-13(20)9-14/h3-11H,1-2H3,(H,23,25)(H,21,22,24). The molecule has 0 fully saturated rings. The van der Waals surface area contributed by atoms with Gasteiger partial charge in [0.15, 0.2) is 0 Å². The van der Waals surface area contributed by atoms with Crippen LogP contribution in [0.25, 0.3) is 10.9 Å². The van der Waals surface area contributed by atoms with Gasteiger partial charge in [0.05, 0.1) is 5.52 Å². The number of nitrogens with one attached hydrogen (secondary N) is 2. The molecule has 2 N–H and O–H groups in total. The maximum atomic E-state index is 11.9. The second-order valence-corrected chi connectivity index (χ2v) is 6.72. The highest BCUT2D eigenvalue weighted by Gasteiger charge is 2.07. The first-order valence-corrected chi connectivity index (χ1v) is 8.54. The number of carbonyl (C=O) groups is 1. The molecule has 0 unspecified atom stereocenters. The minimum atomic E-state index is -0.155. The number of fused-ring (bicyclic) bond motifs is 1. The van der Waals surface area contributed by atoms with Gasteiger partial charge in [0.2, 0.25) is 5.91 Å². The Balaban J connectivity index is 1.95. The first-order valence-electron chi connectivity index (χ1n) is 7.74. The van der Waals surface area contributed by atoms with Crippen LogP contribution in [0.15, 0.2) is 64.9 Å². The number of rotatable bonds is 4. The molecule has 0 bridgehead atoms. The summed E-state index contributed by atoms with van der Waals surface area (Å²) in [5.41, 5.74) is 3.35. The molecule has 6 heteroatoms. The third-order valence-electron chi connectivity index (χ3n) is 3.41. The van der Waals surface area contributed by atoms with E-state index in [0.29, 0.717) is 11.5 Å². The Morgan fingerprint density at radius 3 is 2.68 bits per heavy atom. The summed E-state index contributed by atoms with van der Waals surface area (Å²) in [6, 6.07) is 13.4. The molecular weight excluding hydrogens is 380 g/mol. The van der Waals surface area contributed by atoms with E-state index in [2.05, 4.69) is 36.5 Å². The number of amides is 1. The largest absolute Gasteiger partial charge is 0.340 e. The van der Waals surface area contributed by atoms with Gasteiger partial charge in [-0.3, -0.25) is 4.79 Å². The summed E-state index contributed by atoms with van der Waals surface area (Å²) >= 11 is 3.46. The summed E-state index contributed by atoms with van der Waals surface area (Å²) in [6.45, 7) is 3.77. The summed E-state index contributed by atoms with van der Waals surface area (Å²) in [5.74, 6) is 0.527. The third kappa shape index (κ3) is 4.42. The molecule has 2 aromatic carbocycles. The van der Waals surface area contributed by atoms with E-state index in [9.17, 15) is 4.79 Å². The number of nitrogens with zero attached hydrogens (tertiary/aromatic N) is 2. The van der Waals surface area contributed by atoms with Crippen LogP contribution in [0.5, 0.6) is 0 Å². The molecule has 1 amide bonds. The van der Waals surface area contributed by atoms with E-state index in [0.717, 1.165) is 26.6 Å². The van der Waals surface area contributed by atoms with Crippen LogP contribution in [0, 0.1) is 0 Å². The molecule has 0 saturated carbocycles.